The Kier molecular flexibility index (Phi) is 4.43. The van der Waals surface area contributed by atoms with Gasteiger partial charge in [-0.05, 0) is 23.6 Å². The highest BCUT2D eigenvalue weighted by atomic mass is 32.2. The summed E-state index contributed by atoms with van der Waals surface area (Å²) in [5, 5.41) is 1.63. The Labute approximate surface area is 117 Å². The van der Waals surface area contributed by atoms with Crippen LogP contribution in [0, 0.1) is 0 Å². The maximum absolute atomic E-state index is 12.4. The van der Waals surface area contributed by atoms with E-state index in [2.05, 4.69) is 4.72 Å². The van der Waals surface area contributed by atoms with Gasteiger partial charge in [-0.25, -0.2) is 8.42 Å². The van der Waals surface area contributed by atoms with Crippen molar-refractivity contribution < 1.29 is 17.2 Å². The third-order valence-corrected chi connectivity index (χ3v) is 5.66. The van der Waals surface area contributed by atoms with Crippen LogP contribution in [0.3, 0.4) is 0 Å². The van der Waals surface area contributed by atoms with E-state index in [1.165, 1.54) is 18.2 Å². The standard InChI is InChI=1S/C11H9F2NO2S3/c12-11(13)18-9-5-2-1-4-8(9)14-19(15,16)10-6-3-7-17-10/h1-7,11,14H. The molecule has 0 aliphatic rings. The molecule has 102 valence electrons. The summed E-state index contributed by atoms with van der Waals surface area (Å²) in [5.41, 5.74) is 0.154. The first-order chi connectivity index (χ1) is 8.99. The molecule has 3 nitrogen and oxygen atoms in total. The van der Waals surface area contributed by atoms with E-state index in [1.54, 1.807) is 23.6 Å². The van der Waals surface area contributed by atoms with Crippen LogP contribution in [0.4, 0.5) is 14.5 Å². The molecule has 2 rings (SSSR count). The van der Waals surface area contributed by atoms with Gasteiger partial charge in [0.25, 0.3) is 15.8 Å². The largest absolute Gasteiger partial charge is 0.288 e. The minimum absolute atomic E-state index is 0.143. The van der Waals surface area contributed by atoms with Gasteiger partial charge >= 0.3 is 0 Å². The zero-order chi connectivity index (χ0) is 13.9. The zero-order valence-corrected chi connectivity index (χ0v) is 11.9. The highest BCUT2D eigenvalue weighted by Crippen LogP contribution is 2.33. The number of hydrogen-bond acceptors (Lipinski definition) is 4. The molecular formula is C11H9F2NO2S3. The average molecular weight is 321 g/mol. The van der Waals surface area contributed by atoms with E-state index in [0.29, 0.717) is 11.8 Å². The first kappa shape index (κ1) is 14.3. The topological polar surface area (TPSA) is 46.2 Å². The van der Waals surface area contributed by atoms with E-state index in [-0.39, 0.29) is 14.8 Å². The van der Waals surface area contributed by atoms with Crippen molar-refractivity contribution >= 4 is 38.8 Å². The Morgan fingerprint density at radius 1 is 1.16 bits per heavy atom. The quantitative estimate of drug-likeness (QED) is 0.851. The average Bonchev–Trinajstić information content (AvgIpc) is 2.85. The minimum atomic E-state index is -3.72. The summed E-state index contributed by atoms with van der Waals surface area (Å²) in [6, 6.07) is 9.13. The number of thiophene rings is 1. The number of para-hydroxylation sites is 1. The molecule has 0 unspecified atom stereocenters. The number of alkyl halides is 2. The third-order valence-electron chi connectivity index (χ3n) is 2.11. The summed E-state index contributed by atoms with van der Waals surface area (Å²) in [6.07, 6.45) is 0. The van der Waals surface area contributed by atoms with Crippen LogP contribution >= 0.6 is 23.1 Å². The molecule has 8 heteroatoms. The zero-order valence-electron chi connectivity index (χ0n) is 9.42. The number of halogens is 2. The fourth-order valence-corrected chi connectivity index (χ4v) is 4.09. The molecule has 1 aromatic carbocycles. The Hall–Kier alpha value is -1.12. The van der Waals surface area contributed by atoms with Gasteiger partial charge in [0.2, 0.25) is 0 Å². The lowest BCUT2D eigenvalue weighted by atomic mass is 10.3. The third kappa shape index (κ3) is 3.68. The molecule has 2 aromatic rings. The Bertz CT molecular complexity index is 642. The second-order valence-corrected chi connectivity index (χ2v) is 7.30. The number of nitrogens with one attached hydrogen (secondary N) is 1. The maximum Gasteiger partial charge on any atom is 0.288 e. The Morgan fingerprint density at radius 2 is 1.89 bits per heavy atom. The second kappa shape index (κ2) is 5.89. The van der Waals surface area contributed by atoms with Crippen molar-refractivity contribution in [2.75, 3.05) is 4.72 Å². The minimum Gasteiger partial charge on any atom is -0.278 e. The molecule has 1 heterocycles. The van der Waals surface area contributed by atoms with Crippen LogP contribution in [-0.4, -0.2) is 14.2 Å². The predicted octanol–water partition coefficient (Wildman–Crippen LogP) is 3.86. The lowest BCUT2D eigenvalue weighted by molar-refractivity contribution is 0.252. The number of benzene rings is 1. The molecule has 0 saturated heterocycles. The Balaban J connectivity index is 2.29. The summed E-state index contributed by atoms with van der Waals surface area (Å²) in [7, 11) is -3.72. The SMILES string of the molecule is O=S(=O)(Nc1ccccc1SC(F)F)c1cccs1. The van der Waals surface area contributed by atoms with Gasteiger partial charge in [-0.1, -0.05) is 30.0 Å². The van der Waals surface area contributed by atoms with Crippen molar-refractivity contribution in [3.05, 3.63) is 41.8 Å². The van der Waals surface area contributed by atoms with Gasteiger partial charge in [-0.15, -0.1) is 11.3 Å². The van der Waals surface area contributed by atoms with Crippen molar-refractivity contribution in [2.24, 2.45) is 0 Å². The first-order valence-electron chi connectivity index (χ1n) is 5.09. The monoisotopic (exact) mass is 321 g/mol. The molecular weight excluding hydrogens is 312 g/mol. The molecule has 1 N–H and O–H groups in total. The van der Waals surface area contributed by atoms with Crippen LogP contribution in [0.2, 0.25) is 0 Å². The highest BCUT2D eigenvalue weighted by Gasteiger charge is 2.18. The summed E-state index contributed by atoms with van der Waals surface area (Å²) in [6.45, 7) is 0. The van der Waals surface area contributed by atoms with Gasteiger partial charge < -0.3 is 0 Å². The fourth-order valence-electron chi connectivity index (χ4n) is 1.36. The predicted molar refractivity (Wildman–Crippen MR) is 73.4 cm³/mol. The van der Waals surface area contributed by atoms with E-state index in [0.717, 1.165) is 11.3 Å². The van der Waals surface area contributed by atoms with Crippen LogP contribution < -0.4 is 4.72 Å². The molecule has 1 aromatic heterocycles. The van der Waals surface area contributed by atoms with E-state index in [1.807, 2.05) is 0 Å². The van der Waals surface area contributed by atoms with E-state index < -0.39 is 15.8 Å². The van der Waals surface area contributed by atoms with Crippen molar-refractivity contribution in [1.82, 2.24) is 0 Å². The molecule has 0 fully saturated rings. The van der Waals surface area contributed by atoms with E-state index in [9.17, 15) is 17.2 Å². The van der Waals surface area contributed by atoms with Gasteiger partial charge in [0.1, 0.15) is 4.21 Å². The molecule has 0 aliphatic carbocycles. The molecule has 19 heavy (non-hydrogen) atoms. The van der Waals surface area contributed by atoms with Crippen molar-refractivity contribution in [2.45, 2.75) is 14.9 Å². The summed E-state index contributed by atoms with van der Waals surface area (Å²) < 4.78 is 51.3. The lowest BCUT2D eigenvalue weighted by Crippen LogP contribution is -2.12. The van der Waals surface area contributed by atoms with Gasteiger partial charge in [0, 0.05) is 4.90 Å². The smallest absolute Gasteiger partial charge is 0.278 e. The van der Waals surface area contributed by atoms with Crippen LogP contribution in [0.25, 0.3) is 0 Å². The molecule has 0 radical (unpaired) electrons. The normalized spacial score (nSPS) is 11.7. The summed E-state index contributed by atoms with van der Waals surface area (Å²) in [5.74, 6) is -2.60. The molecule has 0 bridgehead atoms. The number of sulfonamides is 1. The number of hydrogen-bond donors (Lipinski definition) is 1. The molecule has 0 amide bonds. The van der Waals surface area contributed by atoms with E-state index in [4.69, 9.17) is 0 Å². The van der Waals surface area contributed by atoms with Gasteiger partial charge in [-0.3, -0.25) is 4.72 Å². The highest BCUT2D eigenvalue weighted by molar-refractivity contribution is 8.00. The van der Waals surface area contributed by atoms with Crippen LogP contribution in [-0.2, 0) is 10.0 Å². The van der Waals surface area contributed by atoms with Crippen LogP contribution in [0.15, 0.2) is 50.9 Å². The molecule has 0 saturated carbocycles. The summed E-state index contributed by atoms with van der Waals surface area (Å²) >= 11 is 1.37. The van der Waals surface area contributed by atoms with Crippen molar-refractivity contribution in [3.63, 3.8) is 0 Å². The van der Waals surface area contributed by atoms with Crippen LogP contribution in [0.5, 0.6) is 0 Å². The molecule has 0 aliphatic heterocycles. The van der Waals surface area contributed by atoms with Gasteiger partial charge in [0.05, 0.1) is 5.69 Å². The lowest BCUT2D eigenvalue weighted by Gasteiger charge is -2.10. The first-order valence-corrected chi connectivity index (χ1v) is 8.33. The van der Waals surface area contributed by atoms with Gasteiger partial charge in [-0.2, -0.15) is 8.78 Å². The van der Waals surface area contributed by atoms with E-state index >= 15 is 0 Å². The number of anilines is 1. The Morgan fingerprint density at radius 3 is 2.53 bits per heavy atom. The maximum atomic E-state index is 12.4. The number of thioether (sulfide) groups is 1. The van der Waals surface area contributed by atoms with Crippen molar-refractivity contribution in [3.8, 4) is 0 Å². The fraction of sp³-hybridized carbons (Fsp3) is 0.0909. The van der Waals surface area contributed by atoms with Crippen molar-refractivity contribution in [1.29, 1.82) is 0 Å². The number of rotatable bonds is 5. The van der Waals surface area contributed by atoms with Crippen LogP contribution in [0.1, 0.15) is 0 Å². The van der Waals surface area contributed by atoms with Gasteiger partial charge in [0.15, 0.2) is 0 Å². The summed E-state index contributed by atoms with van der Waals surface area (Å²) in [4.78, 5) is 0.192. The molecule has 0 atom stereocenters. The second-order valence-electron chi connectivity index (χ2n) is 3.41. The molecule has 0 spiro atoms.